The Labute approximate surface area is 135 Å². The molecule has 3 rings (SSSR count). The molecule has 1 amide bonds. The minimum atomic E-state index is -0.0661. The molecule has 1 aliphatic rings. The monoisotopic (exact) mass is 318 g/mol. The van der Waals surface area contributed by atoms with Gasteiger partial charge in [-0.2, -0.15) is 16.4 Å². The molecule has 22 heavy (non-hydrogen) atoms. The van der Waals surface area contributed by atoms with E-state index >= 15 is 0 Å². The Morgan fingerprint density at radius 3 is 2.91 bits per heavy atom. The van der Waals surface area contributed by atoms with Crippen LogP contribution in [0.2, 0.25) is 0 Å². The summed E-state index contributed by atoms with van der Waals surface area (Å²) in [4.78, 5) is 19.1. The van der Waals surface area contributed by atoms with Gasteiger partial charge in [0.15, 0.2) is 0 Å². The van der Waals surface area contributed by atoms with E-state index in [0.717, 1.165) is 43.1 Å². The average Bonchev–Trinajstić information content (AvgIpc) is 3.15. The molecule has 0 bridgehead atoms. The lowest BCUT2D eigenvalue weighted by Gasteiger charge is -2.34. The third-order valence-corrected chi connectivity index (χ3v) is 5.08. The van der Waals surface area contributed by atoms with Crippen molar-refractivity contribution >= 4 is 17.2 Å². The SMILES string of the molecule is Cc1nc(C)n([C@H]2CCCN(C(=O)[C@@H](C)c3ccsc3)C2)n1. The van der Waals surface area contributed by atoms with E-state index in [4.69, 9.17) is 0 Å². The fraction of sp³-hybridized carbons (Fsp3) is 0.562. The molecule has 1 saturated heterocycles. The van der Waals surface area contributed by atoms with Gasteiger partial charge >= 0.3 is 0 Å². The standard InChI is InChI=1S/C16H22N4OS/c1-11(14-6-8-22-10-14)16(21)19-7-4-5-15(9-19)20-13(3)17-12(2)18-20/h6,8,10-11,15H,4-5,7,9H2,1-3H3/t11-,15-/m0/s1. The van der Waals surface area contributed by atoms with Crippen molar-refractivity contribution < 1.29 is 4.79 Å². The molecule has 0 aromatic carbocycles. The molecule has 0 aliphatic carbocycles. The van der Waals surface area contributed by atoms with Crippen LogP contribution in [0.25, 0.3) is 0 Å². The molecule has 0 spiro atoms. The zero-order valence-electron chi connectivity index (χ0n) is 13.3. The maximum Gasteiger partial charge on any atom is 0.229 e. The first-order chi connectivity index (χ1) is 10.6. The molecule has 0 saturated carbocycles. The van der Waals surface area contributed by atoms with E-state index in [-0.39, 0.29) is 17.9 Å². The van der Waals surface area contributed by atoms with Crippen LogP contribution in [0.3, 0.4) is 0 Å². The summed E-state index contributed by atoms with van der Waals surface area (Å²) in [5.41, 5.74) is 1.12. The van der Waals surface area contributed by atoms with E-state index in [0.29, 0.717) is 0 Å². The van der Waals surface area contributed by atoms with Crippen molar-refractivity contribution in [2.75, 3.05) is 13.1 Å². The van der Waals surface area contributed by atoms with Crippen LogP contribution >= 0.6 is 11.3 Å². The molecule has 2 aromatic rings. The Morgan fingerprint density at radius 2 is 2.27 bits per heavy atom. The Morgan fingerprint density at radius 1 is 1.45 bits per heavy atom. The van der Waals surface area contributed by atoms with Crippen molar-refractivity contribution in [3.8, 4) is 0 Å². The maximum absolute atomic E-state index is 12.7. The van der Waals surface area contributed by atoms with E-state index < -0.39 is 0 Å². The van der Waals surface area contributed by atoms with Crippen LogP contribution in [-0.2, 0) is 4.79 Å². The summed E-state index contributed by atoms with van der Waals surface area (Å²) in [6.07, 6.45) is 2.07. The lowest BCUT2D eigenvalue weighted by Crippen LogP contribution is -2.42. The van der Waals surface area contributed by atoms with Gasteiger partial charge in [0.1, 0.15) is 11.6 Å². The second kappa shape index (κ2) is 6.20. The smallest absolute Gasteiger partial charge is 0.229 e. The fourth-order valence-electron chi connectivity index (χ4n) is 3.17. The van der Waals surface area contributed by atoms with E-state index in [2.05, 4.69) is 15.5 Å². The van der Waals surface area contributed by atoms with Gasteiger partial charge in [-0.25, -0.2) is 9.67 Å². The quantitative estimate of drug-likeness (QED) is 0.874. The van der Waals surface area contributed by atoms with Crippen molar-refractivity contribution in [1.82, 2.24) is 19.7 Å². The Balaban J connectivity index is 1.73. The number of carbonyl (C=O) groups is 1. The van der Waals surface area contributed by atoms with Crippen molar-refractivity contribution in [2.24, 2.45) is 0 Å². The zero-order chi connectivity index (χ0) is 15.7. The van der Waals surface area contributed by atoms with Crippen LogP contribution in [-0.4, -0.2) is 38.7 Å². The Hall–Kier alpha value is -1.69. The van der Waals surface area contributed by atoms with Gasteiger partial charge in [0, 0.05) is 13.1 Å². The van der Waals surface area contributed by atoms with E-state index in [1.54, 1.807) is 11.3 Å². The second-order valence-corrected chi connectivity index (χ2v) is 6.79. The molecule has 3 heterocycles. The zero-order valence-corrected chi connectivity index (χ0v) is 14.1. The van der Waals surface area contributed by atoms with Crippen LogP contribution in [0.1, 0.15) is 48.9 Å². The summed E-state index contributed by atoms with van der Waals surface area (Å²) in [6.45, 7) is 7.47. The number of hydrogen-bond donors (Lipinski definition) is 0. The van der Waals surface area contributed by atoms with Gasteiger partial charge in [-0.3, -0.25) is 4.79 Å². The number of piperidine rings is 1. The summed E-state index contributed by atoms with van der Waals surface area (Å²) in [6, 6.07) is 2.29. The summed E-state index contributed by atoms with van der Waals surface area (Å²) in [5.74, 6) is 1.89. The van der Waals surface area contributed by atoms with Crippen LogP contribution < -0.4 is 0 Å². The van der Waals surface area contributed by atoms with Gasteiger partial charge in [0.25, 0.3) is 0 Å². The number of nitrogens with zero attached hydrogens (tertiary/aromatic N) is 4. The Bertz CT molecular complexity index is 649. The molecular formula is C16H22N4OS. The summed E-state index contributed by atoms with van der Waals surface area (Å²) in [7, 11) is 0. The number of aryl methyl sites for hydroxylation is 2. The highest BCUT2D eigenvalue weighted by Crippen LogP contribution is 2.26. The molecule has 1 fully saturated rings. The largest absolute Gasteiger partial charge is 0.340 e. The number of rotatable bonds is 3. The maximum atomic E-state index is 12.7. The molecule has 2 aromatic heterocycles. The van der Waals surface area contributed by atoms with Gasteiger partial charge in [-0.15, -0.1) is 0 Å². The van der Waals surface area contributed by atoms with Crippen molar-refractivity contribution in [3.05, 3.63) is 34.0 Å². The average molecular weight is 318 g/mol. The van der Waals surface area contributed by atoms with Crippen LogP contribution in [0.15, 0.2) is 16.8 Å². The molecule has 5 nitrogen and oxygen atoms in total. The first kappa shape index (κ1) is 15.2. The van der Waals surface area contributed by atoms with Crippen molar-refractivity contribution in [3.63, 3.8) is 0 Å². The van der Waals surface area contributed by atoms with Gasteiger partial charge in [-0.05, 0) is 56.0 Å². The van der Waals surface area contributed by atoms with Crippen LogP contribution in [0.4, 0.5) is 0 Å². The highest BCUT2D eigenvalue weighted by molar-refractivity contribution is 7.08. The van der Waals surface area contributed by atoms with Gasteiger partial charge < -0.3 is 4.90 Å². The molecule has 0 radical (unpaired) electrons. The highest BCUT2D eigenvalue weighted by atomic mass is 32.1. The number of likely N-dealkylation sites (tertiary alicyclic amines) is 1. The normalized spacial score (nSPS) is 20.1. The van der Waals surface area contributed by atoms with Crippen LogP contribution in [0.5, 0.6) is 0 Å². The van der Waals surface area contributed by atoms with Crippen LogP contribution in [0, 0.1) is 13.8 Å². The lowest BCUT2D eigenvalue weighted by molar-refractivity contribution is -0.134. The topological polar surface area (TPSA) is 51.0 Å². The first-order valence-corrected chi connectivity index (χ1v) is 8.71. The minimum absolute atomic E-state index is 0.0661. The third-order valence-electron chi connectivity index (χ3n) is 4.38. The minimum Gasteiger partial charge on any atom is -0.340 e. The molecule has 118 valence electrons. The number of amides is 1. The molecular weight excluding hydrogens is 296 g/mol. The van der Waals surface area contributed by atoms with E-state index in [1.165, 1.54) is 0 Å². The first-order valence-electron chi connectivity index (χ1n) is 7.77. The molecule has 0 unspecified atom stereocenters. The fourth-order valence-corrected chi connectivity index (χ4v) is 3.93. The van der Waals surface area contributed by atoms with Gasteiger partial charge in [0.2, 0.25) is 5.91 Å². The molecule has 1 aliphatic heterocycles. The lowest BCUT2D eigenvalue weighted by atomic mass is 9.99. The highest BCUT2D eigenvalue weighted by Gasteiger charge is 2.29. The summed E-state index contributed by atoms with van der Waals surface area (Å²) in [5, 5.41) is 8.58. The summed E-state index contributed by atoms with van der Waals surface area (Å²) >= 11 is 1.64. The molecule has 0 N–H and O–H groups in total. The van der Waals surface area contributed by atoms with E-state index in [9.17, 15) is 4.79 Å². The third kappa shape index (κ3) is 2.92. The van der Waals surface area contributed by atoms with Gasteiger partial charge in [0.05, 0.1) is 12.0 Å². The summed E-state index contributed by atoms with van der Waals surface area (Å²) < 4.78 is 1.99. The number of hydrogen-bond acceptors (Lipinski definition) is 4. The van der Waals surface area contributed by atoms with Gasteiger partial charge in [-0.1, -0.05) is 0 Å². The molecule has 2 atom stereocenters. The number of carbonyl (C=O) groups excluding carboxylic acids is 1. The predicted octanol–water partition coefficient (Wildman–Crippen LogP) is 2.92. The van der Waals surface area contributed by atoms with Crippen molar-refractivity contribution in [2.45, 2.75) is 45.6 Å². The molecule has 6 heteroatoms. The Kier molecular flexibility index (Phi) is 4.29. The second-order valence-electron chi connectivity index (χ2n) is 6.01. The predicted molar refractivity (Wildman–Crippen MR) is 87.1 cm³/mol. The van der Waals surface area contributed by atoms with Crippen molar-refractivity contribution in [1.29, 1.82) is 0 Å². The number of aromatic nitrogens is 3. The number of thiophene rings is 1. The van der Waals surface area contributed by atoms with E-state index in [1.807, 2.05) is 41.8 Å².